The molecule has 0 spiro atoms. The Kier molecular flexibility index (Phi) is 4.65. The van der Waals surface area contributed by atoms with Crippen LogP contribution in [0.4, 0.5) is 0 Å². The summed E-state index contributed by atoms with van der Waals surface area (Å²) in [4.78, 5) is 13.3. The molecule has 0 aromatic heterocycles. The molecule has 0 radical (unpaired) electrons. The number of benzene rings is 1. The molecule has 0 aliphatic carbocycles. The second kappa shape index (κ2) is 5.79. The van der Waals surface area contributed by atoms with Crippen molar-refractivity contribution in [2.24, 2.45) is 0 Å². The van der Waals surface area contributed by atoms with E-state index in [1.807, 2.05) is 0 Å². The predicted octanol–water partition coefficient (Wildman–Crippen LogP) is 1.04. The molecule has 6 heteroatoms. The van der Waals surface area contributed by atoms with Gasteiger partial charge in [0.25, 0.3) is 16.0 Å². The van der Waals surface area contributed by atoms with Crippen LogP contribution in [0.5, 0.6) is 0 Å². The maximum absolute atomic E-state index is 11.9. The number of carbonyl (C=O) groups is 1. The van der Waals surface area contributed by atoms with Crippen LogP contribution in [0.25, 0.3) is 0 Å². The van der Waals surface area contributed by atoms with Gasteiger partial charge in [0.05, 0.1) is 5.75 Å². The van der Waals surface area contributed by atoms with Gasteiger partial charge in [-0.05, 0) is 19.1 Å². The highest BCUT2D eigenvalue weighted by Gasteiger charge is 2.16. The Labute approximate surface area is 101 Å². The summed E-state index contributed by atoms with van der Waals surface area (Å²) in [5.41, 5.74) is 0.504. The first-order valence-electron chi connectivity index (χ1n) is 5.23. The highest BCUT2D eigenvalue weighted by molar-refractivity contribution is 7.85. The van der Waals surface area contributed by atoms with E-state index in [4.69, 9.17) is 4.55 Å². The van der Waals surface area contributed by atoms with Crippen molar-refractivity contribution in [3.8, 4) is 0 Å². The molecule has 94 valence electrons. The van der Waals surface area contributed by atoms with E-state index in [-0.39, 0.29) is 12.5 Å². The van der Waals surface area contributed by atoms with Gasteiger partial charge in [-0.1, -0.05) is 18.2 Å². The zero-order valence-electron chi connectivity index (χ0n) is 9.54. The normalized spacial score (nSPS) is 11.2. The maximum Gasteiger partial charge on any atom is 0.266 e. The van der Waals surface area contributed by atoms with Crippen molar-refractivity contribution in [1.29, 1.82) is 0 Å². The molecule has 1 N–H and O–H groups in total. The predicted molar refractivity (Wildman–Crippen MR) is 64.4 cm³/mol. The lowest BCUT2D eigenvalue weighted by molar-refractivity contribution is 0.0774. The largest absolute Gasteiger partial charge is 0.338 e. The Morgan fingerprint density at radius 2 is 1.88 bits per heavy atom. The molecule has 1 rings (SSSR count). The molecule has 0 unspecified atom stereocenters. The summed E-state index contributed by atoms with van der Waals surface area (Å²) in [6.45, 7) is 2.14. The average molecular weight is 257 g/mol. The standard InChI is InChI=1S/C11H15NO4S/c1-2-12(8-9-17(14,15)16)11(13)10-6-4-3-5-7-10/h3-7H,2,8-9H2,1H3,(H,14,15,16). The van der Waals surface area contributed by atoms with Crippen molar-refractivity contribution in [1.82, 2.24) is 4.90 Å². The summed E-state index contributed by atoms with van der Waals surface area (Å²) in [5.74, 6) is -0.684. The number of amides is 1. The van der Waals surface area contributed by atoms with Gasteiger partial charge in [0.2, 0.25) is 0 Å². The highest BCUT2D eigenvalue weighted by atomic mass is 32.2. The summed E-state index contributed by atoms with van der Waals surface area (Å²) < 4.78 is 29.9. The van der Waals surface area contributed by atoms with Crippen LogP contribution in [0.3, 0.4) is 0 Å². The van der Waals surface area contributed by atoms with Crippen molar-refractivity contribution in [3.05, 3.63) is 35.9 Å². The minimum absolute atomic E-state index is 0.0109. The lowest BCUT2D eigenvalue weighted by Crippen LogP contribution is -2.34. The van der Waals surface area contributed by atoms with E-state index in [0.717, 1.165) is 0 Å². The van der Waals surface area contributed by atoms with E-state index in [9.17, 15) is 13.2 Å². The van der Waals surface area contributed by atoms with Gasteiger partial charge in [-0.25, -0.2) is 0 Å². The molecule has 0 heterocycles. The molecule has 0 aliphatic heterocycles. The molecule has 0 atom stereocenters. The van der Waals surface area contributed by atoms with Crippen LogP contribution in [-0.4, -0.2) is 42.6 Å². The zero-order chi connectivity index (χ0) is 12.9. The third-order valence-corrected chi connectivity index (χ3v) is 3.01. The van der Waals surface area contributed by atoms with Crippen LogP contribution in [-0.2, 0) is 10.1 Å². The molecular formula is C11H15NO4S. The second-order valence-electron chi connectivity index (χ2n) is 3.54. The SMILES string of the molecule is CCN(CCS(=O)(=O)O)C(=O)c1ccccc1. The van der Waals surface area contributed by atoms with E-state index >= 15 is 0 Å². The van der Waals surface area contributed by atoms with E-state index in [1.54, 1.807) is 37.3 Å². The van der Waals surface area contributed by atoms with Gasteiger partial charge in [-0.3, -0.25) is 9.35 Å². The average Bonchev–Trinajstić information content (AvgIpc) is 2.29. The summed E-state index contributed by atoms with van der Waals surface area (Å²) in [6, 6.07) is 8.61. The van der Waals surface area contributed by atoms with Crippen molar-refractivity contribution in [2.75, 3.05) is 18.8 Å². The molecule has 0 saturated carbocycles. The molecule has 0 bridgehead atoms. The molecule has 0 aliphatic rings. The molecular weight excluding hydrogens is 242 g/mol. The number of rotatable bonds is 5. The number of hydrogen-bond donors (Lipinski definition) is 1. The third-order valence-electron chi connectivity index (χ3n) is 2.31. The van der Waals surface area contributed by atoms with Gasteiger partial charge in [0, 0.05) is 18.7 Å². The Morgan fingerprint density at radius 1 is 1.29 bits per heavy atom. The minimum Gasteiger partial charge on any atom is -0.338 e. The van der Waals surface area contributed by atoms with Crippen molar-refractivity contribution in [2.45, 2.75) is 6.92 Å². The minimum atomic E-state index is -4.04. The fourth-order valence-corrected chi connectivity index (χ4v) is 1.84. The lowest BCUT2D eigenvalue weighted by Gasteiger charge is -2.20. The highest BCUT2D eigenvalue weighted by Crippen LogP contribution is 2.04. The van der Waals surface area contributed by atoms with Gasteiger partial charge in [-0.2, -0.15) is 8.42 Å². The van der Waals surface area contributed by atoms with Crippen LogP contribution in [0.1, 0.15) is 17.3 Å². The molecule has 1 aromatic rings. The summed E-state index contributed by atoms with van der Waals surface area (Å²) in [6.07, 6.45) is 0. The zero-order valence-corrected chi connectivity index (χ0v) is 10.4. The van der Waals surface area contributed by atoms with Crippen LogP contribution in [0, 0.1) is 0 Å². The molecule has 17 heavy (non-hydrogen) atoms. The quantitative estimate of drug-likeness (QED) is 0.800. The molecule has 0 saturated heterocycles. The number of nitrogens with zero attached hydrogens (tertiary/aromatic N) is 1. The van der Waals surface area contributed by atoms with Crippen LogP contribution in [0.2, 0.25) is 0 Å². The Hall–Kier alpha value is -1.40. The number of carbonyl (C=O) groups excluding carboxylic acids is 1. The third kappa shape index (κ3) is 4.54. The van der Waals surface area contributed by atoms with E-state index in [2.05, 4.69) is 0 Å². The topological polar surface area (TPSA) is 74.7 Å². The van der Waals surface area contributed by atoms with Crippen molar-refractivity contribution >= 4 is 16.0 Å². The maximum atomic E-state index is 11.9. The molecule has 1 aromatic carbocycles. The van der Waals surface area contributed by atoms with Gasteiger partial charge in [0.15, 0.2) is 0 Å². The summed E-state index contributed by atoms with van der Waals surface area (Å²) in [7, 11) is -4.04. The van der Waals surface area contributed by atoms with Crippen LogP contribution >= 0.6 is 0 Å². The van der Waals surface area contributed by atoms with Gasteiger partial charge in [-0.15, -0.1) is 0 Å². The first-order valence-corrected chi connectivity index (χ1v) is 6.84. The van der Waals surface area contributed by atoms with E-state index in [1.165, 1.54) is 4.90 Å². The first kappa shape index (κ1) is 13.7. The Morgan fingerprint density at radius 3 is 2.35 bits per heavy atom. The van der Waals surface area contributed by atoms with Gasteiger partial charge < -0.3 is 4.90 Å². The molecule has 1 amide bonds. The van der Waals surface area contributed by atoms with Gasteiger partial charge in [0.1, 0.15) is 0 Å². The fraction of sp³-hybridized carbons (Fsp3) is 0.364. The van der Waals surface area contributed by atoms with Crippen LogP contribution < -0.4 is 0 Å². The molecule has 0 fully saturated rings. The van der Waals surface area contributed by atoms with Crippen molar-refractivity contribution in [3.63, 3.8) is 0 Å². The van der Waals surface area contributed by atoms with E-state index < -0.39 is 15.9 Å². The fourth-order valence-electron chi connectivity index (χ4n) is 1.39. The Balaban J connectivity index is 2.72. The van der Waals surface area contributed by atoms with E-state index in [0.29, 0.717) is 12.1 Å². The van der Waals surface area contributed by atoms with Crippen LogP contribution in [0.15, 0.2) is 30.3 Å². The summed E-state index contributed by atoms with van der Waals surface area (Å²) in [5, 5.41) is 0. The number of hydrogen-bond acceptors (Lipinski definition) is 3. The summed E-state index contributed by atoms with van der Waals surface area (Å²) >= 11 is 0. The second-order valence-corrected chi connectivity index (χ2v) is 5.11. The van der Waals surface area contributed by atoms with Crippen molar-refractivity contribution < 1.29 is 17.8 Å². The Bertz CT molecular complexity index is 470. The molecule has 5 nitrogen and oxygen atoms in total. The van der Waals surface area contributed by atoms with Gasteiger partial charge >= 0.3 is 0 Å². The smallest absolute Gasteiger partial charge is 0.266 e. The monoisotopic (exact) mass is 257 g/mol. The lowest BCUT2D eigenvalue weighted by atomic mass is 10.2. The first-order chi connectivity index (χ1) is 7.94.